The molecule has 0 aliphatic heterocycles. The number of hydrogen-bond donors (Lipinski definition) is 3. The van der Waals surface area contributed by atoms with E-state index in [1.807, 2.05) is 24.3 Å². The van der Waals surface area contributed by atoms with Gasteiger partial charge in [-0.1, -0.05) is 24.3 Å². The molecule has 0 atom stereocenters. The molecule has 0 bridgehead atoms. The van der Waals surface area contributed by atoms with Crippen molar-refractivity contribution in [2.24, 2.45) is 0 Å². The first-order valence-corrected chi connectivity index (χ1v) is 7.60. The number of phenols is 1. The molecule has 0 saturated heterocycles. The van der Waals surface area contributed by atoms with E-state index in [4.69, 9.17) is 5.11 Å². The van der Waals surface area contributed by atoms with E-state index < -0.39 is 5.97 Å². The van der Waals surface area contributed by atoms with Crippen LogP contribution in [-0.2, 0) is 0 Å². The molecule has 0 unspecified atom stereocenters. The van der Waals surface area contributed by atoms with Crippen LogP contribution < -0.4 is 0 Å². The second-order valence-corrected chi connectivity index (χ2v) is 5.60. The second kappa shape index (κ2) is 5.76. The van der Waals surface area contributed by atoms with Crippen molar-refractivity contribution < 1.29 is 15.0 Å². The van der Waals surface area contributed by atoms with Gasteiger partial charge in [0.05, 0.1) is 17.0 Å². The number of aromatic amines is 1. The highest BCUT2D eigenvalue weighted by molar-refractivity contribution is 5.93. The van der Waals surface area contributed by atoms with E-state index in [9.17, 15) is 9.90 Å². The summed E-state index contributed by atoms with van der Waals surface area (Å²) in [6, 6.07) is 17.2. The van der Waals surface area contributed by atoms with Gasteiger partial charge in [0.2, 0.25) is 0 Å². The average Bonchev–Trinajstić information content (AvgIpc) is 3.05. The maximum absolute atomic E-state index is 11.1. The largest absolute Gasteiger partial charge is 0.508 e. The van der Waals surface area contributed by atoms with Crippen molar-refractivity contribution in [3.8, 4) is 28.3 Å². The van der Waals surface area contributed by atoms with Crippen LogP contribution >= 0.6 is 0 Å². The maximum Gasteiger partial charge on any atom is 0.335 e. The molecular formula is C19H13N3O3. The van der Waals surface area contributed by atoms with Crippen LogP contribution in [0, 0.1) is 0 Å². The third kappa shape index (κ3) is 2.70. The number of carboxylic acid groups (broad SMARTS) is 1. The Bertz CT molecular complexity index is 1100. The number of carboxylic acids is 1. The van der Waals surface area contributed by atoms with Crippen molar-refractivity contribution in [2.75, 3.05) is 0 Å². The summed E-state index contributed by atoms with van der Waals surface area (Å²) in [5.74, 6) is -0.802. The number of aromatic hydroxyl groups is 1. The Labute approximate surface area is 142 Å². The third-order valence-corrected chi connectivity index (χ3v) is 3.96. The van der Waals surface area contributed by atoms with E-state index in [-0.39, 0.29) is 11.3 Å². The fourth-order valence-electron chi connectivity index (χ4n) is 2.75. The molecule has 3 N–H and O–H groups in total. The van der Waals surface area contributed by atoms with E-state index in [1.165, 1.54) is 0 Å². The summed E-state index contributed by atoms with van der Waals surface area (Å²) in [6.45, 7) is 0. The molecule has 6 heteroatoms. The van der Waals surface area contributed by atoms with Gasteiger partial charge in [0.1, 0.15) is 5.75 Å². The summed E-state index contributed by atoms with van der Waals surface area (Å²) in [6.07, 6.45) is 0. The quantitative estimate of drug-likeness (QED) is 0.531. The van der Waals surface area contributed by atoms with Gasteiger partial charge in [-0.25, -0.2) is 9.78 Å². The number of benzene rings is 2. The predicted octanol–water partition coefficient (Wildman–Crippen LogP) is 3.70. The second-order valence-electron chi connectivity index (χ2n) is 5.60. The molecule has 0 saturated carbocycles. The molecule has 0 fully saturated rings. The number of H-pyrrole nitrogens is 1. The van der Waals surface area contributed by atoms with Crippen LogP contribution in [0.1, 0.15) is 10.4 Å². The van der Waals surface area contributed by atoms with Gasteiger partial charge >= 0.3 is 5.97 Å². The number of aromatic nitrogens is 3. The van der Waals surface area contributed by atoms with E-state index in [0.29, 0.717) is 16.9 Å². The van der Waals surface area contributed by atoms with E-state index >= 15 is 0 Å². The lowest BCUT2D eigenvalue weighted by Crippen LogP contribution is -1.96. The number of fused-ring (bicyclic) bond motifs is 1. The van der Waals surface area contributed by atoms with Gasteiger partial charge in [-0.05, 0) is 36.4 Å². The molecule has 2 aromatic heterocycles. The van der Waals surface area contributed by atoms with Gasteiger partial charge in [0.25, 0.3) is 0 Å². The molecule has 4 rings (SSSR count). The van der Waals surface area contributed by atoms with Crippen molar-refractivity contribution in [2.45, 2.75) is 0 Å². The summed E-state index contributed by atoms with van der Waals surface area (Å²) in [7, 11) is 0. The number of rotatable bonds is 3. The lowest BCUT2D eigenvalue weighted by Gasteiger charge is -2.03. The summed E-state index contributed by atoms with van der Waals surface area (Å²) in [4.78, 5) is 15.6. The zero-order valence-electron chi connectivity index (χ0n) is 13.0. The van der Waals surface area contributed by atoms with Crippen molar-refractivity contribution in [3.05, 3.63) is 66.2 Å². The Kier molecular flexibility index (Phi) is 3.43. The van der Waals surface area contributed by atoms with Crippen LogP contribution in [0.3, 0.4) is 0 Å². The highest BCUT2D eigenvalue weighted by atomic mass is 16.4. The number of nitrogens with one attached hydrogen (secondary N) is 1. The van der Waals surface area contributed by atoms with Gasteiger partial charge in [-0.15, -0.1) is 0 Å². The van der Waals surface area contributed by atoms with E-state index in [0.717, 1.165) is 16.6 Å². The SMILES string of the molecule is O=C(O)c1cccc(-c2ccc3c(-c4cccc(O)c4)[nH]nc3n2)c1. The van der Waals surface area contributed by atoms with Gasteiger partial charge < -0.3 is 10.2 Å². The van der Waals surface area contributed by atoms with Gasteiger partial charge in [0.15, 0.2) is 5.65 Å². The molecule has 0 aliphatic carbocycles. The Morgan fingerprint density at radius 2 is 1.76 bits per heavy atom. The highest BCUT2D eigenvalue weighted by Gasteiger charge is 2.12. The first kappa shape index (κ1) is 14.9. The zero-order valence-corrected chi connectivity index (χ0v) is 13.0. The molecule has 2 aromatic carbocycles. The van der Waals surface area contributed by atoms with Crippen LogP contribution in [0.5, 0.6) is 5.75 Å². The number of phenolic OH excluding ortho intramolecular Hbond substituents is 1. The lowest BCUT2D eigenvalue weighted by atomic mass is 10.1. The summed E-state index contributed by atoms with van der Waals surface area (Å²) in [5, 5.41) is 26.8. The Balaban J connectivity index is 1.80. The minimum Gasteiger partial charge on any atom is -0.508 e. The molecular weight excluding hydrogens is 318 g/mol. The maximum atomic E-state index is 11.1. The first-order chi connectivity index (χ1) is 12.1. The fourth-order valence-corrected chi connectivity index (χ4v) is 2.75. The van der Waals surface area contributed by atoms with Crippen LogP contribution in [-0.4, -0.2) is 31.4 Å². The number of hydrogen-bond acceptors (Lipinski definition) is 4. The predicted molar refractivity (Wildman–Crippen MR) is 93.4 cm³/mol. The van der Waals surface area contributed by atoms with Crippen molar-refractivity contribution in [1.29, 1.82) is 0 Å². The van der Waals surface area contributed by atoms with Crippen LogP contribution in [0.25, 0.3) is 33.5 Å². The number of carbonyl (C=O) groups is 1. The average molecular weight is 331 g/mol. The fraction of sp³-hybridized carbons (Fsp3) is 0. The van der Waals surface area contributed by atoms with Crippen molar-refractivity contribution in [3.63, 3.8) is 0 Å². The van der Waals surface area contributed by atoms with Crippen LogP contribution in [0.2, 0.25) is 0 Å². The van der Waals surface area contributed by atoms with Gasteiger partial charge in [-0.3, -0.25) is 5.10 Å². The molecule has 4 aromatic rings. The number of pyridine rings is 1. The Morgan fingerprint density at radius 1 is 0.960 bits per heavy atom. The molecule has 0 aliphatic rings. The Morgan fingerprint density at radius 3 is 2.56 bits per heavy atom. The molecule has 122 valence electrons. The monoisotopic (exact) mass is 331 g/mol. The third-order valence-electron chi connectivity index (χ3n) is 3.96. The van der Waals surface area contributed by atoms with E-state index in [2.05, 4.69) is 15.2 Å². The molecule has 0 amide bonds. The molecule has 2 heterocycles. The summed E-state index contributed by atoms with van der Waals surface area (Å²) >= 11 is 0. The minimum absolute atomic E-state index is 0.176. The summed E-state index contributed by atoms with van der Waals surface area (Å²) < 4.78 is 0. The highest BCUT2D eigenvalue weighted by Crippen LogP contribution is 2.29. The van der Waals surface area contributed by atoms with E-state index in [1.54, 1.807) is 36.4 Å². The van der Waals surface area contributed by atoms with Crippen LogP contribution in [0.4, 0.5) is 0 Å². The number of nitrogens with zero attached hydrogens (tertiary/aromatic N) is 2. The molecule has 6 nitrogen and oxygen atoms in total. The first-order valence-electron chi connectivity index (χ1n) is 7.60. The molecule has 0 radical (unpaired) electrons. The molecule has 25 heavy (non-hydrogen) atoms. The smallest absolute Gasteiger partial charge is 0.335 e. The van der Waals surface area contributed by atoms with Gasteiger partial charge in [0, 0.05) is 16.5 Å². The number of aromatic carboxylic acids is 1. The van der Waals surface area contributed by atoms with Crippen molar-refractivity contribution >= 4 is 17.0 Å². The Hall–Kier alpha value is -3.67. The zero-order chi connectivity index (χ0) is 17.4. The van der Waals surface area contributed by atoms with Crippen LogP contribution in [0.15, 0.2) is 60.7 Å². The van der Waals surface area contributed by atoms with Gasteiger partial charge in [-0.2, -0.15) is 5.10 Å². The minimum atomic E-state index is -0.978. The standard InChI is InChI=1S/C19H13N3O3/c23-14-6-2-4-12(10-14)17-15-7-8-16(20-18(15)22-21-17)11-3-1-5-13(9-11)19(24)25/h1-10,23H,(H,24,25)(H,20,21,22). The van der Waals surface area contributed by atoms with Crippen molar-refractivity contribution in [1.82, 2.24) is 15.2 Å². The molecule has 0 spiro atoms. The lowest BCUT2D eigenvalue weighted by molar-refractivity contribution is 0.0697. The topological polar surface area (TPSA) is 99.1 Å². The normalized spacial score (nSPS) is 10.9. The summed E-state index contributed by atoms with van der Waals surface area (Å²) in [5.41, 5.74) is 3.67.